The molecule has 3 nitrogen and oxygen atoms in total. The van der Waals surface area contributed by atoms with Crippen LogP contribution in [0.25, 0.3) is 10.9 Å². The lowest BCUT2D eigenvalue weighted by molar-refractivity contribution is -0.121. The Morgan fingerprint density at radius 1 is 1.30 bits per heavy atom. The Balaban J connectivity index is 2.33. The molecule has 0 aliphatic heterocycles. The summed E-state index contributed by atoms with van der Waals surface area (Å²) in [5, 5.41) is 4.20. The van der Waals surface area contributed by atoms with Crippen molar-refractivity contribution in [3.63, 3.8) is 0 Å². The first kappa shape index (κ1) is 14.6. The van der Waals surface area contributed by atoms with Gasteiger partial charge in [0, 0.05) is 22.1 Å². The summed E-state index contributed by atoms with van der Waals surface area (Å²) < 4.78 is 0. The highest BCUT2D eigenvalue weighted by molar-refractivity contribution is 5.90. The summed E-state index contributed by atoms with van der Waals surface area (Å²) in [5.41, 5.74) is 4.41. The second kappa shape index (κ2) is 5.31. The number of aromatic amines is 1. The number of aromatic nitrogens is 1. The third-order valence-corrected chi connectivity index (χ3v) is 3.44. The van der Waals surface area contributed by atoms with E-state index in [1.807, 2.05) is 27.7 Å². The summed E-state index contributed by atoms with van der Waals surface area (Å²) in [7, 11) is 0. The molecular weight excluding hydrogens is 248 g/mol. The molecule has 0 saturated heterocycles. The second-order valence-electron chi connectivity index (χ2n) is 6.44. The standard InChI is InChI=1S/C17H24N2O/c1-6-12-7-8-15-14(9-12)13(11(2)18-15)10-16(20)19-17(3,4)5/h7-9,18H,6,10H2,1-5H3,(H,19,20). The second-order valence-corrected chi connectivity index (χ2v) is 6.44. The minimum absolute atomic E-state index is 0.0726. The largest absolute Gasteiger partial charge is 0.358 e. The van der Waals surface area contributed by atoms with Crippen LogP contribution in [0.4, 0.5) is 0 Å². The summed E-state index contributed by atoms with van der Waals surface area (Å²) in [6.07, 6.45) is 1.43. The zero-order valence-electron chi connectivity index (χ0n) is 13.1. The molecule has 0 fully saturated rings. The molecule has 0 aliphatic rings. The van der Waals surface area contributed by atoms with Crippen LogP contribution in [-0.4, -0.2) is 16.4 Å². The van der Waals surface area contributed by atoms with Gasteiger partial charge in [0.1, 0.15) is 0 Å². The molecule has 0 bridgehead atoms. The normalized spacial score (nSPS) is 11.8. The van der Waals surface area contributed by atoms with Gasteiger partial charge in [-0.25, -0.2) is 0 Å². The Kier molecular flexibility index (Phi) is 3.89. The lowest BCUT2D eigenvalue weighted by Gasteiger charge is -2.20. The molecule has 0 spiro atoms. The van der Waals surface area contributed by atoms with Gasteiger partial charge in [-0.3, -0.25) is 4.79 Å². The Labute approximate surface area is 120 Å². The molecule has 2 aromatic rings. The number of carbonyl (C=O) groups is 1. The fourth-order valence-electron chi connectivity index (χ4n) is 2.50. The molecule has 2 N–H and O–H groups in total. The van der Waals surface area contributed by atoms with Crippen molar-refractivity contribution >= 4 is 16.8 Å². The molecule has 108 valence electrons. The van der Waals surface area contributed by atoms with Gasteiger partial charge in [0.2, 0.25) is 5.91 Å². The van der Waals surface area contributed by atoms with Gasteiger partial charge in [0.25, 0.3) is 0 Å². The summed E-state index contributed by atoms with van der Waals surface area (Å²) in [6, 6.07) is 6.43. The van der Waals surface area contributed by atoms with Gasteiger partial charge < -0.3 is 10.3 Å². The average molecular weight is 272 g/mol. The zero-order valence-corrected chi connectivity index (χ0v) is 13.1. The molecule has 0 saturated carbocycles. The van der Waals surface area contributed by atoms with E-state index in [-0.39, 0.29) is 11.4 Å². The van der Waals surface area contributed by atoms with Gasteiger partial charge in [0.05, 0.1) is 6.42 Å². The monoisotopic (exact) mass is 272 g/mol. The van der Waals surface area contributed by atoms with Crippen LogP contribution in [0.3, 0.4) is 0 Å². The summed E-state index contributed by atoms with van der Waals surface area (Å²) in [5.74, 6) is 0.0726. The van der Waals surface area contributed by atoms with Crippen LogP contribution in [0.1, 0.15) is 44.5 Å². The first-order chi connectivity index (χ1) is 9.30. The number of H-pyrrole nitrogens is 1. The Morgan fingerprint density at radius 3 is 2.60 bits per heavy atom. The topological polar surface area (TPSA) is 44.9 Å². The maximum atomic E-state index is 12.2. The highest BCUT2D eigenvalue weighted by Gasteiger charge is 2.17. The number of hydrogen-bond acceptors (Lipinski definition) is 1. The van der Waals surface area contributed by atoms with Gasteiger partial charge in [-0.15, -0.1) is 0 Å². The van der Waals surface area contributed by atoms with Crippen molar-refractivity contribution in [1.29, 1.82) is 0 Å². The van der Waals surface area contributed by atoms with E-state index in [1.54, 1.807) is 0 Å². The Morgan fingerprint density at radius 2 is 2.00 bits per heavy atom. The first-order valence-corrected chi connectivity index (χ1v) is 7.21. The molecule has 3 heteroatoms. The predicted molar refractivity (Wildman–Crippen MR) is 84.0 cm³/mol. The maximum Gasteiger partial charge on any atom is 0.224 e. The quantitative estimate of drug-likeness (QED) is 0.882. The first-order valence-electron chi connectivity index (χ1n) is 7.21. The molecule has 2 rings (SSSR count). The van der Waals surface area contributed by atoms with Crippen molar-refractivity contribution in [2.75, 3.05) is 0 Å². The molecule has 20 heavy (non-hydrogen) atoms. The Hall–Kier alpha value is -1.77. The van der Waals surface area contributed by atoms with Gasteiger partial charge in [0.15, 0.2) is 0 Å². The van der Waals surface area contributed by atoms with Gasteiger partial charge in [-0.2, -0.15) is 0 Å². The van der Waals surface area contributed by atoms with Crippen molar-refractivity contribution in [3.8, 4) is 0 Å². The molecule has 1 amide bonds. The van der Waals surface area contributed by atoms with Crippen LogP contribution in [0, 0.1) is 6.92 Å². The van der Waals surface area contributed by atoms with Crippen molar-refractivity contribution in [2.45, 2.75) is 53.0 Å². The molecule has 0 atom stereocenters. The molecule has 1 aromatic carbocycles. The summed E-state index contributed by atoms with van der Waals surface area (Å²) in [4.78, 5) is 15.5. The lowest BCUT2D eigenvalue weighted by Crippen LogP contribution is -2.41. The fourth-order valence-corrected chi connectivity index (χ4v) is 2.50. The summed E-state index contributed by atoms with van der Waals surface area (Å²) >= 11 is 0. The third-order valence-electron chi connectivity index (χ3n) is 3.44. The third kappa shape index (κ3) is 3.21. The van der Waals surface area contributed by atoms with E-state index >= 15 is 0 Å². The minimum Gasteiger partial charge on any atom is -0.358 e. The van der Waals surface area contributed by atoms with Crippen LogP contribution < -0.4 is 5.32 Å². The number of aryl methyl sites for hydroxylation is 2. The number of rotatable bonds is 3. The zero-order chi connectivity index (χ0) is 14.9. The van der Waals surface area contributed by atoms with Crippen molar-refractivity contribution in [1.82, 2.24) is 10.3 Å². The van der Waals surface area contributed by atoms with E-state index in [0.29, 0.717) is 6.42 Å². The summed E-state index contributed by atoms with van der Waals surface area (Å²) in [6.45, 7) is 10.2. The number of hydrogen-bond donors (Lipinski definition) is 2. The number of fused-ring (bicyclic) bond motifs is 1. The van der Waals surface area contributed by atoms with E-state index < -0.39 is 0 Å². The molecule has 1 heterocycles. The highest BCUT2D eigenvalue weighted by Crippen LogP contribution is 2.24. The smallest absolute Gasteiger partial charge is 0.224 e. The van der Waals surface area contributed by atoms with E-state index in [2.05, 4.69) is 35.4 Å². The molecule has 0 unspecified atom stereocenters. The lowest BCUT2D eigenvalue weighted by atomic mass is 10.0. The maximum absolute atomic E-state index is 12.2. The SMILES string of the molecule is CCc1ccc2[nH]c(C)c(CC(=O)NC(C)(C)C)c2c1. The number of amides is 1. The van der Waals surface area contributed by atoms with Gasteiger partial charge in [-0.1, -0.05) is 13.0 Å². The average Bonchev–Trinajstić information content (AvgIpc) is 2.63. The highest BCUT2D eigenvalue weighted by atomic mass is 16.1. The van der Waals surface area contributed by atoms with E-state index in [4.69, 9.17) is 0 Å². The number of benzene rings is 1. The van der Waals surface area contributed by atoms with E-state index in [0.717, 1.165) is 23.2 Å². The molecule has 0 radical (unpaired) electrons. The number of carbonyl (C=O) groups excluding carboxylic acids is 1. The minimum atomic E-state index is -0.189. The molecule has 1 aromatic heterocycles. The predicted octanol–water partition coefficient (Wildman–Crippen LogP) is 3.50. The van der Waals surface area contributed by atoms with Crippen molar-refractivity contribution < 1.29 is 4.79 Å². The molecule has 0 aliphatic carbocycles. The van der Waals surface area contributed by atoms with Crippen LogP contribution in [0.5, 0.6) is 0 Å². The fraction of sp³-hybridized carbons (Fsp3) is 0.471. The van der Waals surface area contributed by atoms with Crippen molar-refractivity contribution in [2.24, 2.45) is 0 Å². The van der Waals surface area contributed by atoms with Crippen LogP contribution in [-0.2, 0) is 17.6 Å². The van der Waals surface area contributed by atoms with Crippen LogP contribution >= 0.6 is 0 Å². The Bertz CT molecular complexity index is 632. The van der Waals surface area contributed by atoms with Gasteiger partial charge in [-0.05, 0) is 57.4 Å². The van der Waals surface area contributed by atoms with Crippen LogP contribution in [0.2, 0.25) is 0 Å². The number of nitrogens with one attached hydrogen (secondary N) is 2. The van der Waals surface area contributed by atoms with Crippen molar-refractivity contribution in [3.05, 3.63) is 35.0 Å². The van der Waals surface area contributed by atoms with E-state index in [9.17, 15) is 4.79 Å². The van der Waals surface area contributed by atoms with Gasteiger partial charge >= 0.3 is 0 Å². The van der Waals surface area contributed by atoms with Crippen LogP contribution in [0.15, 0.2) is 18.2 Å². The van der Waals surface area contributed by atoms with E-state index in [1.165, 1.54) is 10.9 Å². The molecular formula is C17H24N2O.